The maximum atomic E-state index is 13.8. The normalized spacial score (nSPS) is 20.4. The SMILES string of the molecule is CC.CC(C)Oc1ccccc1N1CCN(C2CCC(NC(=O)Nc3c(F)cccc3F)CC2)CC1. The van der Waals surface area contributed by atoms with Crippen LogP contribution in [-0.2, 0) is 0 Å². The fraction of sp³-hybridized carbons (Fsp3) is 0.536. The summed E-state index contributed by atoms with van der Waals surface area (Å²) in [7, 11) is 0. The molecule has 2 aliphatic rings. The van der Waals surface area contributed by atoms with E-state index in [1.54, 1.807) is 0 Å². The number of benzene rings is 2. The van der Waals surface area contributed by atoms with Crippen molar-refractivity contribution in [1.29, 1.82) is 0 Å². The third-order valence-corrected chi connectivity index (χ3v) is 6.63. The molecule has 6 nitrogen and oxygen atoms in total. The molecule has 2 aromatic rings. The van der Waals surface area contributed by atoms with Crippen molar-refractivity contribution in [2.45, 2.75) is 71.6 Å². The molecule has 8 heteroatoms. The molecule has 2 fully saturated rings. The summed E-state index contributed by atoms with van der Waals surface area (Å²) in [6.07, 6.45) is 3.82. The molecule has 0 radical (unpaired) electrons. The Hall–Kier alpha value is -2.87. The van der Waals surface area contributed by atoms with Crippen LogP contribution in [0.3, 0.4) is 0 Å². The number of para-hydroxylation sites is 3. The Morgan fingerprint density at radius 2 is 1.53 bits per heavy atom. The molecule has 0 bridgehead atoms. The van der Waals surface area contributed by atoms with Gasteiger partial charge in [-0.3, -0.25) is 4.90 Å². The van der Waals surface area contributed by atoms with E-state index in [-0.39, 0.29) is 12.1 Å². The van der Waals surface area contributed by atoms with Gasteiger partial charge in [-0.2, -0.15) is 0 Å². The van der Waals surface area contributed by atoms with Crippen LogP contribution in [0.15, 0.2) is 42.5 Å². The van der Waals surface area contributed by atoms with Crippen LogP contribution in [-0.4, -0.2) is 55.3 Å². The lowest BCUT2D eigenvalue weighted by molar-refractivity contribution is 0.137. The first-order valence-electron chi connectivity index (χ1n) is 13.2. The highest BCUT2D eigenvalue weighted by Crippen LogP contribution is 2.31. The maximum Gasteiger partial charge on any atom is 0.319 e. The Labute approximate surface area is 214 Å². The van der Waals surface area contributed by atoms with Crippen LogP contribution in [0.2, 0.25) is 0 Å². The smallest absolute Gasteiger partial charge is 0.319 e. The van der Waals surface area contributed by atoms with Gasteiger partial charge in [-0.1, -0.05) is 32.0 Å². The molecule has 36 heavy (non-hydrogen) atoms. The van der Waals surface area contributed by atoms with Gasteiger partial charge in [0, 0.05) is 38.3 Å². The van der Waals surface area contributed by atoms with Gasteiger partial charge >= 0.3 is 6.03 Å². The zero-order valence-corrected chi connectivity index (χ0v) is 21.9. The molecule has 1 saturated carbocycles. The number of urea groups is 1. The highest BCUT2D eigenvalue weighted by Gasteiger charge is 2.29. The first kappa shape index (κ1) is 27.7. The van der Waals surface area contributed by atoms with Crippen molar-refractivity contribution >= 4 is 17.4 Å². The largest absolute Gasteiger partial charge is 0.489 e. The van der Waals surface area contributed by atoms with Gasteiger partial charge in [0.05, 0.1) is 11.8 Å². The Bertz CT molecular complexity index is 952. The Kier molecular flexibility index (Phi) is 10.3. The molecule has 0 aromatic heterocycles. The number of amides is 2. The average molecular weight is 503 g/mol. The van der Waals surface area contributed by atoms with Crippen molar-refractivity contribution in [3.8, 4) is 5.75 Å². The third-order valence-electron chi connectivity index (χ3n) is 6.63. The van der Waals surface area contributed by atoms with Crippen molar-refractivity contribution in [3.63, 3.8) is 0 Å². The van der Waals surface area contributed by atoms with Crippen molar-refractivity contribution < 1.29 is 18.3 Å². The number of anilines is 2. The molecule has 2 N–H and O–H groups in total. The predicted molar refractivity (Wildman–Crippen MR) is 142 cm³/mol. The molecular weight excluding hydrogens is 462 g/mol. The zero-order chi connectivity index (χ0) is 26.1. The third kappa shape index (κ3) is 7.32. The van der Waals surface area contributed by atoms with E-state index < -0.39 is 23.4 Å². The quantitative estimate of drug-likeness (QED) is 0.506. The lowest BCUT2D eigenvalue weighted by Gasteiger charge is -2.43. The summed E-state index contributed by atoms with van der Waals surface area (Å²) in [5.74, 6) is -0.626. The molecule has 2 amide bonds. The van der Waals surface area contributed by atoms with Crippen molar-refractivity contribution in [2.75, 3.05) is 36.4 Å². The summed E-state index contributed by atoms with van der Waals surface area (Å²) in [4.78, 5) is 17.2. The molecule has 4 rings (SSSR count). The number of ether oxygens (including phenoxy) is 1. The van der Waals surface area contributed by atoms with Gasteiger partial charge in [0.1, 0.15) is 23.1 Å². The van der Waals surface area contributed by atoms with E-state index in [4.69, 9.17) is 4.74 Å². The molecule has 2 aromatic carbocycles. The number of hydrogen-bond acceptors (Lipinski definition) is 4. The van der Waals surface area contributed by atoms with Gasteiger partial charge in [0.25, 0.3) is 0 Å². The molecule has 1 saturated heterocycles. The summed E-state index contributed by atoms with van der Waals surface area (Å²) in [6, 6.07) is 11.7. The van der Waals surface area contributed by atoms with Crippen LogP contribution < -0.4 is 20.3 Å². The zero-order valence-electron chi connectivity index (χ0n) is 21.9. The van der Waals surface area contributed by atoms with E-state index in [1.165, 1.54) is 6.07 Å². The number of carbonyl (C=O) groups excluding carboxylic acids is 1. The standard InChI is InChI=1S/C26H34F2N4O2.C2H6/c1-18(2)34-24-9-4-3-8-23(24)32-16-14-31(15-17-32)20-12-10-19(11-13-20)29-26(33)30-25-21(27)6-5-7-22(25)28;1-2/h3-9,18-20H,10-17H2,1-2H3,(H2,29,30,33);1-2H3. The van der Waals surface area contributed by atoms with Gasteiger partial charge in [0.15, 0.2) is 0 Å². The van der Waals surface area contributed by atoms with Gasteiger partial charge in [-0.05, 0) is 63.8 Å². The molecule has 0 spiro atoms. The second-order valence-corrected chi connectivity index (χ2v) is 9.36. The van der Waals surface area contributed by atoms with E-state index in [0.29, 0.717) is 6.04 Å². The number of piperazine rings is 1. The second-order valence-electron chi connectivity index (χ2n) is 9.36. The number of rotatable bonds is 6. The van der Waals surface area contributed by atoms with Crippen LogP contribution >= 0.6 is 0 Å². The van der Waals surface area contributed by atoms with E-state index in [2.05, 4.69) is 32.6 Å². The van der Waals surface area contributed by atoms with Crippen molar-refractivity contribution in [2.24, 2.45) is 0 Å². The van der Waals surface area contributed by atoms with Crippen molar-refractivity contribution in [1.82, 2.24) is 10.2 Å². The fourth-order valence-electron chi connectivity index (χ4n) is 4.94. The summed E-state index contributed by atoms with van der Waals surface area (Å²) < 4.78 is 33.5. The molecule has 198 valence electrons. The monoisotopic (exact) mass is 502 g/mol. The minimum atomic E-state index is -0.781. The molecule has 1 heterocycles. The van der Waals surface area contributed by atoms with Crippen molar-refractivity contribution in [3.05, 3.63) is 54.1 Å². The Morgan fingerprint density at radius 3 is 2.14 bits per heavy atom. The minimum absolute atomic E-state index is 0.00688. The molecule has 0 atom stereocenters. The topological polar surface area (TPSA) is 56.8 Å². The molecule has 1 aliphatic carbocycles. The lowest BCUT2D eigenvalue weighted by atomic mass is 9.90. The van der Waals surface area contributed by atoms with Gasteiger partial charge < -0.3 is 20.3 Å². The number of halogens is 2. The van der Waals surface area contributed by atoms with Crippen LogP contribution in [0.4, 0.5) is 25.0 Å². The fourth-order valence-corrected chi connectivity index (χ4v) is 4.94. The number of nitrogens with one attached hydrogen (secondary N) is 2. The lowest BCUT2D eigenvalue weighted by Crippen LogP contribution is -2.52. The summed E-state index contributed by atoms with van der Waals surface area (Å²) >= 11 is 0. The average Bonchev–Trinajstić information content (AvgIpc) is 2.88. The summed E-state index contributed by atoms with van der Waals surface area (Å²) in [5, 5.41) is 5.18. The van der Waals surface area contributed by atoms with E-state index in [0.717, 1.165) is 75.4 Å². The first-order chi connectivity index (χ1) is 17.4. The Balaban J connectivity index is 0.00000176. The molecular formula is C28H40F2N4O2. The van der Waals surface area contributed by atoms with E-state index in [9.17, 15) is 13.6 Å². The van der Waals surface area contributed by atoms with Gasteiger partial charge in [-0.15, -0.1) is 0 Å². The van der Waals surface area contributed by atoms with Crippen LogP contribution in [0.5, 0.6) is 5.75 Å². The molecule has 1 aliphatic heterocycles. The minimum Gasteiger partial charge on any atom is -0.489 e. The summed E-state index contributed by atoms with van der Waals surface area (Å²) in [5.41, 5.74) is 0.744. The Morgan fingerprint density at radius 1 is 0.917 bits per heavy atom. The van der Waals surface area contributed by atoms with Gasteiger partial charge in [-0.25, -0.2) is 13.6 Å². The first-order valence-corrected chi connectivity index (χ1v) is 13.2. The second kappa shape index (κ2) is 13.4. The number of nitrogens with zero attached hydrogens (tertiary/aromatic N) is 2. The van der Waals surface area contributed by atoms with Gasteiger partial charge in [0.2, 0.25) is 0 Å². The summed E-state index contributed by atoms with van der Waals surface area (Å²) in [6.45, 7) is 12.0. The van der Waals surface area contributed by atoms with Crippen LogP contribution in [0.25, 0.3) is 0 Å². The number of hydrogen-bond donors (Lipinski definition) is 2. The highest BCUT2D eigenvalue weighted by atomic mass is 19.1. The highest BCUT2D eigenvalue weighted by molar-refractivity contribution is 5.89. The molecule has 0 unspecified atom stereocenters. The number of carbonyl (C=O) groups is 1. The van der Waals surface area contributed by atoms with Crippen LogP contribution in [0.1, 0.15) is 53.4 Å². The van der Waals surface area contributed by atoms with E-state index >= 15 is 0 Å². The maximum absolute atomic E-state index is 13.8. The van der Waals surface area contributed by atoms with E-state index in [1.807, 2.05) is 39.8 Å². The predicted octanol–water partition coefficient (Wildman–Crippen LogP) is 6.03. The van der Waals surface area contributed by atoms with Crippen LogP contribution in [0, 0.1) is 11.6 Å².